The minimum Gasteiger partial charge on any atom is -0.135 e. The van der Waals surface area contributed by atoms with Gasteiger partial charge in [0.2, 0.25) is 0 Å². The Balaban J connectivity index is 1.24. The Kier molecular flexibility index (Phi) is 5.51. The molecule has 11 aromatic rings. The molecule has 0 aliphatic carbocycles. The van der Waals surface area contributed by atoms with Gasteiger partial charge in [0, 0.05) is 51.1 Å². The highest BCUT2D eigenvalue weighted by molar-refractivity contribution is 7.26. The smallest absolute Gasteiger partial charge is 0.0433 e. The second kappa shape index (κ2) is 9.98. The van der Waals surface area contributed by atoms with Crippen molar-refractivity contribution in [2.75, 3.05) is 0 Å². The van der Waals surface area contributed by atoms with Crippen LogP contribution in [0.5, 0.6) is 0 Å². The second-order valence-corrected chi connectivity index (χ2v) is 14.9. The van der Waals surface area contributed by atoms with Crippen LogP contribution in [0.4, 0.5) is 0 Å². The van der Waals surface area contributed by atoms with E-state index in [0.717, 1.165) is 0 Å². The summed E-state index contributed by atoms with van der Waals surface area (Å²) in [6, 6.07) is 58.6. The maximum atomic E-state index is 2.38. The van der Waals surface area contributed by atoms with E-state index in [4.69, 9.17) is 0 Å². The van der Waals surface area contributed by atoms with E-state index in [9.17, 15) is 0 Å². The van der Waals surface area contributed by atoms with E-state index in [1.807, 2.05) is 22.7 Å². The standard InChI is InChI=1S/C46H26S2/c1-3-9-27(10-4-1)29-17-21-33-31(25-29)19-23-37-41-35-13-8-16-40-44(35)42(36-14-7-15-39(43(36)41)47-45(33)37)38-24-20-32-26-30(28-11-5-2-6-12-28)18-22-34(32)46(38)48-40/h1-26H. The summed E-state index contributed by atoms with van der Waals surface area (Å²) in [5.41, 5.74) is 5.02. The van der Waals surface area contributed by atoms with Gasteiger partial charge >= 0.3 is 0 Å². The van der Waals surface area contributed by atoms with Crippen LogP contribution in [-0.2, 0) is 0 Å². The van der Waals surface area contributed by atoms with E-state index in [0.29, 0.717) is 0 Å². The molecule has 0 bridgehead atoms. The first kappa shape index (κ1) is 26.5. The summed E-state index contributed by atoms with van der Waals surface area (Å²) in [6.45, 7) is 0. The lowest BCUT2D eigenvalue weighted by Crippen LogP contribution is -1.89. The van der Waals surface area contributed by atoms with E-state index in [1.165, 1.54) is 106 Å². The molecule has 9 aromatic carbocycles. The van der Waals surface area contributed by atoms with E-state index < -0.39 is 0 Å². The van der Waals surface area contributed by atoms with Gasteiger partial charge in [0.25, 0.3) is 0 Å². The van der Waals surface area contributed by atoms with Crippen molar-refractivity contribution >= 4 is 106 Å². The summed E-state index contributed by atoms with van der Waals surface area (Å²) in [7, 11) is 0. The zero-order valence-corrected chi connectivity index (χ0v) is 27.5. The molecule has 222 valence electrons. The minimum absolute atomic E-state index is 1.25. The summed E-state index contributed by atoms with van der Waals surface area (Å²) in [5, 5.41) is 16.1. The van der Waals surface area contributed by atoms with Crippen molar-refractivity contribution in [1.82, 2.24) is 0 Å². The van der Waals surface area contributed by atoms with Gasteiger partial charge in [-0.1, -0.05) is 133 Å². The van der Waals surface area contributed by atoms with Crippen LogP contribution in [0.2, 0.25) is 0 Å². The highest BCUT2D eigenvalue weighted by Crippen LogP contribution is 2.50. The number of fused-ring (bicyclic) bond motifs is 10. The minimum atomic E-state index is 1.25. The molecular weight excluding hydrogens is 617 g/mol. The number of rotatable bonds is 2. The monoisotopic (exact) mass is 642 g/mol. The fraction of sp³-hybridized carbons (Fsp3) is 0. The number of benzene rings is 9. The zero-order chi connectivity index (χ0) is 31.3. The Morgan fingerprint density at radius 1 is 0.271 bits per heavy atom. The highest BCUT2D eigenvalue weighted by Gasteiger charge is 2.20. The molecule has 0 nitrogen and oxygen atoms in total. The van der Waals surface area contributed by atoms with E-state index in [2.05, 4.69) is 158 Å². The molecule has 0 radical (unpaired) electrons. The lowest BCUT2D eigenvalue weighted by atomic mass is 9.90. The molecule has 0 unspecified atom stereocenters. The lowest BCUT2D eigenvalue weighted by molar-refractivity contribution is 1.65. The SMILES string of the molecule is c1ccc(-c2ccc3c(ccc4c3sc3cccc5c3c4c3cccc4sc6c7ccc(-c8ccccc8)cc7ccc6c5c43)c2)cc1. The molecule has 0 spiro atoms. The molecule has 0 amide bonds. The lowest BCUT2D eigenvalue weighted by Gasteiger charge is -2.18. The summed E-state index contributed by atoms with van der Waals surface area (Å²) in [6.07, 6.45) is 0. The molecule has 0 saturated heterocycles. The first-order chi connectivity index (χ1) is 23.8. The zero-order valence-electron chi connectivity index (χ0n) is 25.8. The van der Waals surface area contributed by atoms with Gasteiger partial charge in [-0.15, -0.1) is 22.7 Å². The third-order valence-electron chi connectivity index (χ3n) is 10.2. The van der Waals surface area contributed by atoms with E-state index >= 15 is 0 Å². The van der Waals surface area contributed by atoms with Crippen LogP contribution in [0.3, 0.4) is 0 Å². The number of hydrogen-bond donors (Lipinski definition) is 0. The van der Waals surface area contributed by atoms with Crippen molar-refractivity contribution in [1.29, 1.82) is 0 Å². The Hall–Kier alpha value is -5.54. The first-order valence-corrected chi connectivity index (χ1v) is 18.1. The third-order valence-corrected chi connectivity index (χ3v) is 12.6. The Bertz CT molecular complexity index is 2880. The largest absolute Gasteiger partial charge is 0.135 e. The summed E-state index contributed by atoms with van der Waals surface area (Å²) in [4.78, 5) is 0. The van der Waals surface area contributed by atoms with Crippen molar-refractivity contribution in [2.45, 2.75) is 0 Å². The van der Waals surface area contributed by atoms with Crippen LogP contribution in [-0.4, -0.2) is 0 Å². The molecule has 0 atom stereocenters. The van der Waals surface area contributed by atoms with Crippen LogP contribution in [0, 0.1) is 0 Å². The third kappa shape index (κ3) is 3.70. The maximum Gasteiger partial charge on any atom is 0.0433 e. The van der Waals surface area contributed by atoms with Crippen LogP contribution in [0.25, 0.3) is 106 Å². The second-order valence-electron chi connectivity index (χ2n) is 12.8. The van der Waals surface area contributed by atoms with Gasteiger partial charge in [0.1, 0.15) is 0 Å². The summed E-state index contributed by atoms with van der Waals surface area (Å²) >= 11 is 3.87. The van der Waals surface area contributed by atoms with E-state index in [1.54, 1.807) is 0 Å². The molecule has 48 heavy (non-hydrogen) atoms. The molecule has 0 fully saturated rings. The van der Waals surface area contributed by atoms with Crippen molar-refractivity contribution in [3.63, 3.8) is 0 Å². The molecule has 2 aromatic heterocycles. The van der Waals surface area contributed by atoms with E-state index in [-0.39, 0.29) is 0 Å². The predicted octanol–water partition coefficient (Wildman–Crippen LogP) is 14.4. The maximum absolute atomic E-state index is 2.38. The molecule has 2 heteroatoms. The van der Waals surface area contributed by atoms with Crippen LogP contribution >= 0.6 is 22.7 Å². The van der Waals surface area contributed by atoms with Gasteiger partial charge in [-0.2, -0.15) is 0 Å². The van der Waals surface area contributed by atoms with Crippen molar-refractivity contribution < 1.29 is 0 Å². The molecular formula is C46H26S2. The van der Waals surface area contributed by atoms with Crippen molar-refractivity contribution in [3.05, 3.63) is 158 Å². The average Bonchev–Trinajstić information content (AvgIpc) is 3.16. The Labute approximate surface area is 284 Å². The quantitative estimate of drug-likeness (QED) is 0.130. The average molecular weight is 643 g/mol. The van der Waals surface area contributed by atoms with Gasteiger partial charge in [-0.3, -0.25) is 0 Å². The Morgan fingerprint density at radius 3 is 1.17 bits per heavy atom. The normalized spacial score (nSPS) is 12.2. The molecule has 0 saturated carbocycles. The highest BCUT2D eigenvalue weighted by atomic mass is 32.1. The first-order valence-electron chi connectivity index (χ1n) is 16.4. The van der Waals surface area contributed by atoms with Gasteiger partial charge < -0.3 is 0 Å². The molecule has 11 rings (SSSR count). The topological polar surface area (TPSA) is 0 Å². The van der Waals surface area contributed by atoms with Gasteiger partial charge in [-0.05, 0) is 78.8 Å². The fourth-order valence-electron chi connectivity index (χ4n) is 8.05. The van der Waals surface area contributed by atoms with Crippen LogP contribution < -0.4 is 0 Å². The Morgan fingerprint density at radius 2 is 0.708 bits per heavy atom. The number of hydrogen-bond acceptors (Lipinski definition) is 2. The van der Waals surface area contributed by atoms with Gasteiger partial charge in [-0.25, -0.2) is 0 Å². The summed E-state index contributed by atoms with van der Waals surface area (Å²) in [5.74, 6) is 0. The van der Waals surface area contributed by atoms with Crippen molar-refractivity contribution in [3.8, 4) is 22.3 Å². The fourth-order valence-corrected chi connectivity index (χ4v) is 10.6. The van der Waals surface area contributed by atoms with Crippen LogP contribution in [0.1, 0.15) is 0 Å². The predicted molar refractivity (Wildman–Crippen MR) is 213 cm³/mol. The molecule has 0 aliphatic rings. The summed E-state index contributed by atoms with van der Waals surface area (Å²) < 4.78 is 5.39. The van der Waals surface area contributed by atoms with Crippen molar-refractivity contribution in [2.24, 2.45) is 0 Å². The molecule has 2 heterocycles. The molecule has 0 N–H and O–H groups in total. The molecule has 0 aliphatic heterocycles. The van der Waals surface area contributed by atoms with Crippen LogP contribution in [0.15, 0.2) is 158 Å². The van der Waals surface area contributed by atoms with Gasteiger partial charge in [0.15, 0.2) is 0 Å². The van der Waals surface area contributed by atoms with Gasteiger partial charge in [0.05, 0.1) is 0 Å².